The first kappa shape index (κ1) is 48.7. The standard InChI is InChI=1S/C28H40N4O.C25H37N5O/c1-21-25(15-12-22-10-13-23(14-11-22)28(2,3)4)29-20-30-26(21)27(33)32-17-7-16-31(18-19-32)24-8-5-6-9-24;1-18(2)29-12-7-13-30(15-14-29)24(31)22-19(3)23(28-17-27-22)26-16-20-8-10-21(11-9-20)25(4,5)6/h10-11,13-14,20,24H,5-9,12,15-19H2,1-4H3;8-11,17-18H,7,12-16H2,1-6H3,(H,26,27,28). The number of hydrogen-bond acceptors (Lipinski definition) is 9. The third-order valence-electron chi connectivity index (χ3n) is 13.6. The molecule has 0 radical (unpaired) electrons. The smallest absolute Gasteiger partial charge is 0.272 e. The van der Waals surface area contributed by atoms with Gasteiger partial charge in [-0.15, -0.1) is 0 Å². The summed E-state index contributed by atoms with van der Waals surface area (Å²) in [5, 5.41) is 3.39. The molecule has 64 heavy (non-hydrogen) atoms. The summed E-state index contributed by atoms with van der Waals surface area (Å²) in [5.41, 5.74) is 9.26. The van der Waals surface area contributed by atoms with Gasteiger partial charge in [0.2, 0.25) is 0 Å². The summed E-state index contributed by atoms with van der Waals surface area (Å²) in [6.07, 6.45) is 12.2. The number of anilines is 1. The van der Waals surface area contributed by atoms with Gasteiger partial charge in [0.1, 0.15) is 29.9 Å². The number of hydrogen-bond donors (Lipinski definition) is 1. The van der Waals surface area contributed by atoms with Crippen molar-refractivity contribution in [2.75, 3.05) is 57.7 Å². The van der Waals surface area contributed by atoms with Crippen LogP contribution in [0.25, 0.3) is 0 Å². The maximum absolute atomic E-state index is 13.4. The molecule has 2 aromatic carbocycles. The van der Waals surface area contributed by atoms with Crippen molar-refractivity contribution in [2.45, 2.75) is 150 Å². The average molecular weight is 872 g/mol. The Morgan fingerprint density at radius 2 is 1.14 bits per heavy atom. The molecule has 0 bridgehead atoms. The number of rotatable bonds is 10. The maximum Gasteiger partial charge on any atom is 0.272 e. The number of benzene rings is 2. The molecule has 4 heterocycles. The normalized spacial score (nSPS) is 17.2. The van der Waals surface area contributed by atoms with Gasteiger partial charge in [-0.2, -0.15) is 0 Å². The predicted octanol–water partition coefficient (Wildman–Crippen LogP) is 9.21. The van der Waals surface area contributed by atoms with Gasteiger partial charge in [0, 0.05) is 87.8 Å². The van der Waals surface area contributed by atoms with Crippen molar-refractivity contribution in [3.63, 3.8) is 0 Å². The van der Waals surface area contributed by atoms with E-state index in [2.05, 4.69) is 139 Å². The zero-order chi connectivity index (χ0) is 46.0. The first-order chi connectivity index (χ1) is 30.5. The molecule has 2 saturated heterocycles. The third-order valence-corrected chi connectivity index (χ3v) is 13.6. The minimum atomic E-state index is 0.00286. The molecule has 4 aromatic rings. The Morgan fingerprint density at radius 3 is 1.72 bits per heavy atom. The highest BCUT2D eigenvalue weighted by Crippen LogP contribution is 2.27. The minimum absolute atomic E-state index is 0.00286. The Morgan fingerprint density at radius 1 is 0.609 bits per heavy atom. The van der Waals surface area contributed by atoms with E-state index in [1.54, 1.807) is 6.33 Å². The van der Waals surface area contributed by atoms with Crippen molar-refractivity contribution in [1.82, 2.24) is 39.5 Å². The second-order valence-electron chi connectivity index (χ2n) is 20.6. The van der Waals surface area contributed by atoms with Crippen LogP contribution in [0.2, 0.25) is 0 Å². The van der Waals surface area contributed by atoms with Crippen molar-refractivity contribution in [1.29, 1.82) is 0 Å². The summed E-state index contributed by atoms with van der Waals surface area (Å²) in [6.45, 7) is 29.5. The highest BCUT2D eigenvalue weighted by molar-refractivity contribution is 5.95. The summed E-state index contributed by atoms with van der Waals surface area (Å²) in [6, 6.07) is 18.8. The lowest BCUT2D eigenvalue weighted by Crippen LogP contribution is -2.39. The summed E-state index contributed by atoms with van der Waals surface area (Å²) < 4.78 is 0. The minimum Gasteiger partial charge on any atom is -0.366 e. The van der Waals surface area contributed by atoms with Gasteiger partial charge in [0.05, 0.1) is 0 Å². The highest BCUT2D eigenvalue weighted by Gasteiger charge is 2.29. The van der Waals surface area contributed by atoms with E-state index in [-0.39, 0.29) is 22.6 Å². The Labute approximate surface area is 384 Å². The highest BCUT2D eigenvalue weighted by atomic mass is 16.2. The fourth-order valence-corrected chi connectivity index (χ4v) is 9.27. The van der Waals surface area contributed by atoms with Gasteiger partial charge in [-0.3, -0.25) is 19.4 Å². The van der Waals surface area contributed by atoms with Gasteiger partial charge in [0.15, 0.2) is 0 Å². The molecule has 346 valence electrons. The predicted molar refractivity (Wildman–Crippen MR) is 260 cm³/mol. The molecule has 2 amide bonds. The largest absolute Gasteiger partial charge is 0.366 e. The summed E-state index contributed by atoms with van der Waals surface area (Å²) in [7, 11) is 0. The topological polar surface area (TPSA) is 111 Å². The van der Waals surface area contributed by atoms with Crippen LogP contribution in [-0.2, 0) is 30.2 Å². The summed E-state index contributed by atoms with van der Waals surface area (Å²) >= 11 is 0. The Balaban J connectivity index is 0.000000213. The maximum atomic E-state index is 13.4. The van der Waals surface area contributed by atoms with Gasteiger partial charge in [-0.25, -0.2) is 19.9 Å². The zero-order valence-corrected chi connectivity index (χ0v) is 40.8. The second-order valence-corrected chi connectivity index (χ2v) is 20.6. The fraction of sp³-hybridized carbons (Fsp3) is 0.585. The molecule has 1 aliphatic carbocycles. The van der Waals surface area contributed by atoms with Crippen LogP contribution < -0.4 is 5.32 Å². The molecule has 0 spiro atoms. The number of amides is 2. The summed E-state index contributed by atoms with van der Waals surface area (Å²) in [5.74, 6) is 0.791. The van der Waals surface area contributed by atoms with Crippen LogP contribution in [0.5, 0.6) is 0 Å². The molecular formula is C53H77N9O2. The van der Waals surface area contributed by atoms with Gasteiger partial charge in [-0.1, -0.05) is 103 Å². The van der Waals surface area contributed by atoms with E-state index in [1.807, 2.05) is 23.6 Å². The molecule has 3 aliphatic rings. The van der Waals surface area contributed by atoms with Crippen molar-refractivity contribution < 1.29 is 9.59 Å². The van der Waals surface area contributed by atoms with Gasteiger partial charge >= 0.3 is 0 Å². The van der Waals surface area contributed by atoms with E-state index in [1.165, 1.54) is 54.3 Å². The molecule has 0 unspecified atom stereocenters. The van der Waals surface area contributed by atoms with E-state index in [9.17, 15) is 9.59 Å². The average Bonchev–Trinajstić information content (AvgIpc) is 3.53. The molecule has 11 heteroatoms. The van der Waals surface area contributed by atoms with Crippen LogP contribution in [0.15, 0.2) is 61.2 Å². The van der Waals surface area contributed by atoms with Crippen molar-refractivity contribution in [2.24, 2.45) is 0 Å². The van der Waals surface area contributed by atoms with E-state index in [0.717, 1.165) is 107 Å². The number of aromatic nitrogens is 4. The van der Waals surface area contributed by atoms with Crippen molar-refractivity contribution in [3.8, 4) is 0 Å². The molecule has 2 aliphatic heterocycles. The summed E-state index contributed by atoms with van der Waals surface area (Å²) in [4.78, 5) is 53.2. The Hall–Kier alpha value is -4.74. The van der Waals surface area contributed by atoms with Gasteiger partial charge in [0.25, 0.3) is 11.8 Å². The van der Waals surface area contributed by atoms with Crippen LogP contribution >= 0.6 is 0 Å². The van der Waals surface area contributed by atoms with Crippen LogP contribution in [0.1, 0.15) is 154 Å². The molecule has 1 N–H and O–H groups in total. The second kappa shape index (κ2) is 22.0. The molecule has 7 rings (SSSR count). The van der Waals surface area contributed by atoms with Crippen LogP contribution in [0.4, 0.5) is 5.82 Å². The monoisotopic (exact) mass is 872 g/mol. The van der Waals surface area contributed by atoms with Crippen LogP contribution in [0, 0.1) is 13.8 Å². The van der Waals surface area contributed by atoms with Crippen LogP contribution in [-0.4, -0.2) is 116 Å². The number of carbonyl (C=O) groups excluding carboxylic acids is 2. The van der Waals surface area contributed by atoms with E-state index < -0.39 is 0 Å². The molecule has 1 saturated carbocycles. The van der Waals surface area contributed by atoms with Crippen LogP contribution in [0.3, 0.4) is 0 Å². The molecule has 11 nitrogen and oxygen atoms in total. The Bertz CT molecular complexity index is 2130. The number of nitrogens with zero attached hydrogens (tertiary/aromatic N) is 8. The SMILES string of the molecule is Cc1c(CCc2ccc(C(C)(C)C)cc2)ncnc1C(=O)N1CCCN(C2CCCC2)CC1.Cc1c(NCc2ccc(C(C)(C)C)cc2)ncnc1C(=O)N1CCCN(C(C)C)CC1. The van der Waals surface area contributed by atoms with Crippen molar-refractivity contribution in [3.05, 3.63) is 112 Å². The quantitative estimate of drug-likeness (QED) is 0.167. The lowest BCUT2D eigenvalue weighted by atomic mass is 9.86. The Kier molecular flexibility index (Phi) is 16.7. The van der Waals surface area contributed by atoms with Gasteiger partial charge in [-0.05, 0) is 99.3 Å². The van der Waals surface area contributed by atoms with E-state index >= 15 is 0 Å². The lowest BCUT2D eigenvalue weighted by Gasteiger charge is -2.27. The number of carbonyl (C=O) groups is 2. The third kappa shape index (κ3) is 13.0. The first-order valence-corrected chi connectivity index (χ1v) is 24.1. The van der Waals surface area contributed by atoms with Gasteiger partial charge < -0.3 is 15.1 Å². The number of nitrogens with one attached hydrogen (secondary N) is 1. The first-order valence-electron chi connectivity index (χ1n) is 24.1. The zero-order valence-electron chi connectivity index (χ0n) is 40.8. The van der Waals surface area contributed by atoms with E-state index in [0.29, 0.717) is 24.0 Å². The molecule has 0 atom stereocenters. The molecule has 2 aromatic heterocycles. The van der Waals surface area contributed by atoms with E-state index in [4.69, 9.17) is 0 Å². The lowest BCUT2D eigenvalue weighted by molar-refractivity contribution is 0.0744. The fourth-order valence-electron chi connectivity index (χ4n) is 9.27. The number of aryl methyl sites for hydroxylation is 2. The molecular weight excluding hydrogens is 795 g/mol. The molecule has 3 fully saturated rings. The van der Waals surface area contributed by atoms with Crippen molar-refractivity contribution >= 4 is 17.6 Å².